The zero-order valence-corrected chi connectivity index (χ0v) is 13.6. The third-order valence-electron chi connectivity index (χ3n) is 4.17. The monoisotopic (exact) mass is 292 g/mol. The second-order valence-corrected chi connectivity index (χ2v) is 5.98. The molecule has 1 aromatic carbocycles. The van der Waals surface area contributed by atoms with E-state index in [9.17, 15) is 0 Å². The van der Waals surface area contributed by atoms with E-state index in [0.717, 1.165) is 32.0 Å². The predicted molar refractivity (Wildman–Crippen MR) is 85.9 cm³/mol. The zero-order chi connectivity index (χ0) is 15.2. The van der Waals surface area contributed by atoms with Gasteiger partial charge in [-0.2, -0.15) is 0 Å². The smallest absolute Gasteiger partial charge is 0.118 e. The number of morpholine rings is 1. The maximum Gasteiger partial charge on any atom is 0.118 e. The van der Waals surface area contributed by atoms with Crippen LogP contribution in [0.2, 0.25) is 0 Å². The molecule has 0 saturated carbocycles. The van der Waals surface area contributed by atoms with E-state index in [2.05, 4.69) is 43.1 Å². The summed E-state index contributed by atoms with van der Waals surface area (Å²) >= 11 is 0. The number of nitrogens with zero attached hydrogens (tertiary/aromatic N) is 1. The molecule has 0 amide bonds. The highest BCUT2D eigenvalue weighted by molar-refractivity contribution is 5.28. The number of rotatable bonds is 6. The third-order valence-corrected chi connectivity index (χ3v) is 4.17. The van der Waals surface area contributed by atoms with Gasteiger partial charge in [0.25, 0.3) is 0 Å². The highest BCUT2D eigenvalue weighted by Gasteiger charge is 2.22. The van der Waals surface area contributed by atoms with E-state index in [4.69, 9.17) is 9.47 Å². The first-order valence-corrected chi connectivity index (χ1v) is 7.83. The molecular formula is C17H28N2O2. The Labute approximate surface area is 128 Å². The van der Waals surface area contributed by atoms with Crippen molar-refractivity contribution in [2.24, 2.45) is 0 Å². The van der Waals surface area contributed by atoms with E-state index >= 15 is 0 Å². The standard InChI is InChI=1S/C17H28N2O2/c1-13(2)19-9-10-21-17(12-19)11-18-14(3)15-5-7-16(20-4)8-6-15/h5-8,13-14,17-18H,9-12H2,1-4H3/t14-,17?/m0/s1. The molecule has 0 bridgehead atoms. The summed E-state index contributed by atoms with van der Waals surface area (Å²) in [6.45, 7) is 10.5. The second kappa shape index (κ2) is 7.78. The van der Waals surface area contributed by atoms with Crippen LogP contribution in [0.15, 0.2) is 24.3 Å². The molecule has 1 aromatic rings. The summed E-state index contributed by atoms with van der Waals surface area (Å²) in [5.74, 6) is 0.897. The third kappa shape index (κ3) is 4.70. The molecule has 0 aliphatic carbocycles. The topological polar surface area (TPSA) is 33.7 Å². The largest absolute Gasteiger partial charge is 0.497 e. The van der Waals surface area contributed by atoms with E-state index in [1.165, 1.54) is 5.56 Å². The van der Waals surface area contributed by atoms with E-state index in [1.54, 1.807) is 7.11 Å². The molecule has 1 aliphatic heterocycles. The molecule has 2 atom stereocenters. The Morgan fingerprint density at radius 2 is 2.00 bits per heavy atom. The molecule has 1 heterocycles. The van der Waals surface area contributed by atoms with Crippen LogP contribution in [0, 0.1) is 0 Å². The highest BCUT2D eigenvalue weighted by atomic mass is 16.5. The molecule has 0 radical (unpaired) electrons. The van der Waals surface area contributed by atoms with Crippen LogP contribution in [-0.4, -0.2) is 50.4 Å². The normalized spacial score (nSPS) is 21.5. The van der Waals surface area contributed by atoms with Crippen molar-refractivity contribution >= 4 is 0 Å². The average Bonchev–Trinajstić information content (AvgIpc) is 2.53. The van der Waals surface area contributed by atoms with Gasteiger partial charge in [-0.15, -0.1) is 0 Å². The van der Waals surface area contributed by atoms with Crippen LogP contribution in [0.3, 0.4) is 0 Å². The van der Waals surface area contributed by atoms with Crippen molar-refractivity contribution in [3.8, 4) is 5.75 Å². The van der Waals surface area contributed by atoms with Gasteiger partial charge >= 0.3 is 0 Å². The van der Waals surface area contributed by atoms with Gasteiger partial charge in [-0.25, -0.2) is 0 Å². The Balaban J connectivity index is 1.81. The van der Waals surface area contributed by atoms with Crippen molar-refractivity contribution in [2.75, 3.05) is 33.4 Å². The van der Waals surface area contributed by atoms with Crippen molar-refractivity contribution in [1.82, 2.24) is 10.2 Å². The number of ether oxygens (including phenoxy) is 2. The lowest BCUT2D eigenvalue weighted by molar-refractivity contribution is -0.0379. The summed E-state index contributed by atoms with van der Waals surface area (Å²) in [5.41, 5.74) is 1.27. The SMILES string of the molecule is COc1ccc([C@H](C)NCC2CN(C(C)C)CCO2)cc1. The average molecular weight is 292 g/mol. The van der Waals surface area contributed by atoms with Crippen LogP contribution < -0.4 is 10.1 Å². The van der Waals surface area contributed by atoms with E-state index in [0.29, 0.717) is 12.1 Å². The van der Waals surface area contributed by atoms with Crippen LogP contribution in [0.1, 0.15) is 32.4 Å². The lowest BCUT2D eigenvalue weighted by Gasteiger charge is -2.36. The minimum absolute atomic E-state index is 0.279. The lowest BCUT2D eigenvalue weighted by atomic mass is 10.1. The molecule has 1 N–H and O–H groups in total. The van der Waals surface area contributed by atoms with Crippen molar-refractivity contribution < 1.29 is 9.47 Å². The van der Waals surface area contributed by atoms with Gasteiger partial charge in [0, 0.05) is 31.7 Å². The molecule has 21 heavy (non-hydrogen) atoms. The van der Waals surface area contributed by atoms with E-state index in [-0.39, 0.29) is 6.10 Å². The first-order valence-electron chi connectivity index (χ1n) is 7.83. The van der Waals surface area contributed by atoms with Crippen LogP contribution >= 0.6 is 0 Å². The molecular weight excluding hydrogens is 264 g/mol. The van der Waals surface area contributed by atoms with E-state index in [1.807, 2.05) is 12.1 Å². The van der Waals surface area contributed by atoms with Gasteiger partial charge in [0.2, 0.25) is 0 Å². The van der Waals surface area contributed by atoms with Crippen molar-refractivity contribution in [1.29, 1.82) is 0 Å². The Morgan fingerprint density at radius 3 is 2.62 bits per heavy atom. The molecule has 1 unspecified atom stereocenters. The molecule has 0 aromatic heterocycles. The fourth-order valence-electron chi connectivity index (χ4n) is 2.65. The van der Waals surface area contributed by atoms with Gasteiger partial charge in [-0.3, -0.25) is 4.90 Å². The predicted octanol–water partition coefficient (Wildman–Crippen LogP) is 2.46. The van der Waals surface area contributed by atoms with E-state index < -0.39 is 0 Å². The first-order chi connectivity index (χ1) is 10.1. The highest BCUT2D eigenvalue weighted by Crippen LogP contribution is 2.17. The minimum Gasteiger partial charge on any atom is -0.497 e. The summed E-state index contributed by atoms with van der Waals surface area (Å²) < 4.78 is 11.0. The number of benzene rings is 1. The Morgan fingerprint density at radius 1 is 1.29 bits per heavy atom. The fraction of sp³-hybridized carbons (Fsp3) is 0.647. The summed E-state index contributed by atoms with van der Waals surface area (Å²) in [5, 5.41) is 3.57. The molecule has 1 fully saturated rings. The second-order valence-electron chi connectivity index (χ2n) is 5.98. The summed E-state index contributed by atoms with van der Waals surface area (Å²) in [7, 11) is 1.69. The fourth-order valence-corrected chi connectivity index (χ4v) is 2.65. The number of hydrogen-bond acceptors (Lipinski definition) is 4. The van der Waals surface area contributed by atoms with Gasteiger partial charge in [0.1, 0.15) is 5.75 Å². The number of methoxy groups -OCH3 is 1. The van der Waals surface area contributed by atoms with Crippen molar-refractivity contribution in [3.05, 3.63) is 29.8 Å². The molecule has 2 rings (SSSR count). The van der Waals surface area contributed by atoms with Gasteiger partial charge < -0.3 is 14.8 Å². The van der Waals surface area contributed by atoms with Crippen LogP contribution in [0.25, 0.3) is 0 Å². The molecule has 4 heteroatoms. The van der Waals surface area contributed by atoms with Gasteiger partial charge in [0.05, 0.1) is 19.8 Å². The van der Waals surface area contributed by atoms with Crippen molar-refractivity contribution in [2.45, 2.75) is 39.0 Å². The molecule has 1 saturated heterocycles. The summed E-state index contributed by atoms with van der Waals surface area (Å²) in [4.78, 5) is 2.48. The number of hydrogen-bond donors (Lipinski definition) is 1. The van der Waals surface area contributed by atoms with Crippen LogP contribution in [0.5, 0.6) is 5.75 Å². The van der Waals surface area contributed by atoms with Gasteiger partial charge in [0.15, 0.2) is 0 Å². The first kappa shape index (κ1) is 16.3. The maximum absolute atomic E-state index is 5.86. The number of nitrogens with one attached hydrogen (secondary N) is 1. The molecule has 4 nitrogen and oxygen atoms in total. The van der Waals surface area contributed by atoms with Crippen LogP contribution in [-0.2, 0) is 4.74 Å². The maximum atomic E-state index is 5.86. The summed E-state index contributed by atoms with van der Waals surface area (Å²) in [6, 6.07) is 9.14. The Hall–Kier alpha value is -1.10. The Bertz CT molecular complexity index is 419. The van der Waals surface area contributed by atoms with Crippen molar-refractivity contribution in [3.63, 3.8) is 0 Å². The van der Waals surface area contributed by atoms with Gasteiger partial charge in [-0.05, 0) is 38.5 Å². The minimum atomic E-state index is 0.279. The molecule has 0 spiro atoms. The van der Waals surface area contributed by atoms with Gasteiger partial charge in [-0.1, -0.05) is 12.1 Å². The Kier molecular flexibility index (Phi) is 6.03. The molecule has 1 aliphatic rings. The summed E-state index contributed by atoms with van der Waals surface area (Å²) in [6.07, 6.45) is 0.279. The quantitative estimate of drug-likeness (QED) is 0.873. The van der Waals surface area contributed by atoms with Crippen LogP contribution in [0.4, 0.5) is 0 Å². The lowest BCUT2D eigenvalue weighted by Crippen LogP contribution is -2.49. The zero-order valence-electron chi connectivity index (χ0n) is 13.6. The molecule has 118 valence electrons.